The zero-order valence-electron chi connectivity index (χ0n) is 13.8. The molecular weight excluding hydrogens is 310 g/mol. The van der Waals surface area contributed by atoms with Crippen LogP contribution in [-0.4, -0.2) is 27.1 Å². The highest BCUT2D eigenvalue weighted by Gasteiger charge is 2.08. The highest BCUT2D eigenvalue weighted by Crippen LogP contribution is 2.10. The van der Waals surface area contributed by atoms with E-state index in [0.717, 1.165) is 18.4 Å². The Hall–Kier alpha value is -1.82. The molecule has 23 heavy (non-hydrogen) atoms. The van der Waals surface area contributed by atoms with Crippen LogP contribution >= 0.6 is 11.8 Å². The number of aromatic nitrogens is 2. The third-order valence-corrected chi connectivity index (χ3v) is 4.44. The van der Waals surface area contributed by atoms with Gasteiger partial charge in [-0.3, -0.25) is 14.0 Å². The molecule has 0 bridgehead atoms. The summed E-state index contributed by atoms with van der Waals surface area (Å²) in [7, 11) is 0. The van der Waals surface area contributed by atoms with E-state index in [0.29, 0.717) is 22.8 Å². The lowest BCUT2D eigenvalue weighted by molar-refractivity contribution is -0.119. The van der Waals surface area contributed by atoms with Gasteiger partial charge in [-0.25, -0.2) is 4.98 Å². The van der Waals surface area contributed by atoms with E-state index in [1.54, 1.807) is 10.6 Å². The number of hydrogen-bond donors (Lipinski definition) is 1. The van der Waals surface area contributed by atoms with Crippen LogP contribution in [0.5, 0.6) is 0 Å². The van der Waals surface area contributed by atoms with Gasteiger partial charge in [0.15, 0.2) is 0 Å². The Labute approximate surface area is 140 Å². The van der Waals surface area contributed by atoms with Crippen LogP contribution < -0.4 is 10.9 Å². The zero-order chi connectivity index (χ0) is 16.8. The highest BCUT2D eigenvalue weighted by molar-refractivity contribution is 7.99. The van der Waals surface area contributed by atoms with Crippen molar-refractivity contribution >= 4 is 23.3 Å². The Balaban J connectivity index is 1.94. The Morgan fingerprint density at radius 2 is 2.22 bits per heavy atom. The van der Waals surface area contributed by atoms with E-state index in [-0.39, 0.29) is 17.5 Å². The van der Waals surface area contributed by atoms with Crippen molar-refractivity contribution in [3.63, 3.8) is 0 Å². The van der Waals surface area contributed by atoms with E-state index in [9.17, 15) is 9.59 Å². The van der Waals surface area contributed by atoms with Gasteiger partial charge in [-0.2, -0.15) is 0 Å². The molecular formula is C17H23N3O2S. The second-order valence-corrected chi connectivity index (χ2v) is 6.76. The first-order chi connectivity index (χ1) is 11.0. The maximum atomic E-state index is 12.1. The number of carbonyl (C=O) groups is 1. The molecule has 0 spiro atoms. The van der Waals surface area contributed by atoms with Crippen LogP contribution in [-0.2, 0) is 10.5 Å². The summed E-state index contributed by atoms with van der Waals surface area (Å²) in [6.07, 6.45) is 3.82. The second-order valence-electron chi connectivity index (χ2n) is 5.77. The van der Waals surface area contributed by atoms with Crippen molar-refractivity contribution in [2.75, 3.05) is 5.75 Å². The lowest BCUT2D eigenvalue weighted by Gasteiger charge is -2.12. The van der Waals surface area contributed by atoms with E-state index in [4.69, 9.17) is 0 Å². The van der Waals surface area contributed by atoms with Crippen LogP contribution in [0.25, 0.3) is 5.65 Å². The first-order valence-electron chi connectivity index (χ1n) is 7.85. The molecule has 124 valence electrons. The number of rotatable bonds is 7. The molecule has 0 fully saturated rings. The molecule has 0 unspecified atom stereocenters. The van der Waals surface area contributed by atoms with Crippen LogP contribution in [0.15, 0.2) is 29.2 Å². The molecule has 0 aliphatic rings. The quantitative estimate of drug-likeness (QED) is 0.846. The summed E-state index contributed by atoms with van der Waals surface area (Å²) in [5.41, 5.74) is 2.27. The van der Waals surface area contributed by atoms with Crippen LogP contribution in [0.2, 0.25) is 0 Å². The number of thioether (sulfide) groups is 1. The molecule has 2 aromatic rings. The van der Waals surface area contributed by atoms with Crippen molar-refractivity contribution in [1.82, 2.24) is 14.7 Å². The molecule has 0 radical (unpaired) electrons. The first-order valence-corrected chi connectivity index (χ1v) is 9.01. The van der Waals surface area contributed by atoms with Crippen molar-refractivity contribution in [3.8, 4) is 0 Å². The molecule has 0 saturated carbocycles. The number of nitrogens with one attached hydrogen (secondary N) is 1. The van der Waals surface area contributed by atoms with Crippen molar-refractivity contribution in [3.05, 3.63) is 46.0 Å². The van der Waals surface area contributed by atoms with Gasteiger partial charge in [-0.1, -0.05) is 19.4 Å². The van der Waals surface area contributed by atoms with Crippen molar-refractivity contribution in [2.24, 2.45) is 0 Å². The summed E-state index contributed by atoms with van der Waals surface area (Å²) in [5, 5.41) is 2.97. The molecule has 2 rings (SSSR count). The standard InChI is InChI=1S/C17H23N3O2S/c1-4-5-13(3)18-16(21)11-23-10-14-8-17(22)20-9-12(2)6-7-15(20)19-14/h6-9,13H,4-5,10-11H2,1-3H3,(H,18,21)/t13-/m1/s1. The molecule has 1 N–H and O–H groups in total. The van der Waals surface area contributed by atoms with Gasteiger partial charge >= 0.3 is 0 Å². The van der Waals surface area contributed by atoms with Crippen molar-refractivity contribution in [2.45, 2.75) is 45.4 Å². The minimum atomic E-state index is -0.0877. The monoisotopic (exact) mass is 333 g/mol. The lowest BCUT2D eigenvalue weighted by atomic mass is 10.2. The molecule has 0 aliphatic heterocycles. The van der Waals surface area contributed by atoms with E-state index in [2.05, 4.69) is 17.2 Å². The predicted octanol–water partition coefficient (Wildman–Crippen LogP) is 2.54. The third kappa shape index (κ3) is 5.10. The Morgan fingerprint density at radius 3 is 2.96 bits per heavy atom. The maximum Gasteiger partial charge on any atom is 0.258 e. The largest absolute Gasteiger partial charge is 0.353 e. The first kappa shape index (κ1) is 17.5. The SMILES string of the molecule is CCC[C@@H](C)NC(=O)CSCc1cc(=O)n2cc(C)ccc2n1. The fourth-order valence-electron chi connectivity index (χ4n) is 2.40. The number of hydrogen-bond acceptors (Lipinski definition) is 4. The average Bonchev–Trinajstić information content (AvgIpc) is 2.48. The fourth-order valence-corrected chi connectivity index (χ4v) is 3.13. The smallest absolute Gasteiger partial charge is 0.258 e. The lowest BCUT2D eigenvalue weighted by Crippen LogP contribution is -2.33. The zero-order valence-corrected chi connectivity index (χ0v) is 14.7. The molecule has 1 amide bonds. The molecule has 5 nitrogen and oxygen atoms in total. The van der Waals surface area contributed by atoms with Crippen LogP contribution in [0.1, 0.15) is 37.9 Å². The van der Waals surface area contributed by atoms with Gasteiger partial charge in [0.25, 0.3) is 5.56 Å². The number of fused-ring (bicyclic) bond motifs is 1. The Bertz CT molecular complexity index is 742. The summed E-state index contributed by atoms with van der Waals surface area (Å²) in [4.78, 5) is 28.4. The molecule has 2 aromatic heterocycles. The molecule has 6 heteroatoms. The summed E-state index contributed by atoms with van der Waals surface area (Å²) < 4.78 is 1.54. The Kier molecular flexibility index (Phi) is 6.21. The van der Waals surface area contributed by atoms with Gasteiger partial charge in [0, 0.05) is 24.1 Å². The number of carbonyl (C=O) groups excluding carboxylic acids is 1. The Morgan fingerprint density at radius 1 is 1.43 bits per heavy atom. The van der Waals surface area contributed by atoms with E-state index in [1.807, 2.05) is 26.0 Å². The van der Waals surface area contributed by atoms with Gasteiger partial charge in [-0.05, 0) is 31.9 Å². The molecule has 0 aromatic carbocycles. The van der Waals surface area contributed by atoms with Crippen LogP contribution in [0, 0.1) is 6.92 Å². The summed E-state index contributed by atoms with van der Waals surface area (Å²) >= 11 is 1.47. The van der Waals surface area contributed by atoms with E-state index in [1.165, 1.54) is 17.8 Å². The molecule has 0 aliphatic carbocycles. The van der Waals surface area contributed by atoms with Gasteiger partial charge in [0.05, 0.1) is 11.4 Å². The predicted molar refractivity (Wildman–Crippen MR) is 94.9 cm³/mol. The number of pyridine rings is 1. The van der Waals surface area contributed by atoms with Gasteiger partial charge in [0.2, 0.25) is 5.91 Å². The summed E-state index contributed by atoms with van der Waals surface area (Å²) in [6, 6.07) is 5.52. The molecule has 0 saturated heterocycles. The number of nitrogens with zero attached hydrogens (tertiary/aromatic N) is 2. The third-order valence-electron chi connectivity index (χ3n) is 3.47. The van der Waals surface area contributed by atoms with E-state index >= 15 is 0 Å². The summed E-state index contributed by atoms with van der Waals surface area (Å²) in [5.74, 6) is 0.960. The number of aryl methyl sites for hydroxylation is 1. The normalized spacial score (nSPS) is 12.3. The topological polar surface area (TPSA) is 63.5 Å². The molecule has 2 heterocycles. The fraction of sp³-hybridized carbons (Fsp3) is 0.471. The van der Waals surface area contributed by atoms with Gasteiger partial charge in [-0.15, -0.1) is 11.8 Å². The second kappa shape index (κ2) is 8.15. The number of amides is 1. The maximum absolute atomic E-state index is 12.1. The minimum absolute atomic E-state index is 0.0316. The van der Waals surface area contributed by atoms with Crippen LogP contribution in [0.3, 0.4) is 0 Å². The van der Waals surface area contributed by atoms with Gasteiger partial charge < -0.3 is 5.32 Å². The minimum Gasteiger partial charge on any atom is -0.353 e. The summed E-state index contributed by atoms with van der Waals surface area (Å²) in [6.45, 7) is 6.05. The van der Waals surface area contributed by atoms with Crippen LogP contribution in [0.4, 0.5) is 0 Å². The average molecular weight is 333 g/mol. The molecule has 1 atom stereocenters. The van der Waals surface area contributed by atoms with Gasteiger partial charge in [0.1, 0.15) is 5.65 Å². The highest BCUT2D eigenvalue weighted by atomic mass is 32.2. The van der Waals surface area contributed by atoms with Crippen molar-refractivity contribution in [1.29, 1.82) is 0 Å². The van der Waals surface area contributed by atoms with Crippen molar-refractivity contribution < 1.29 is 4.79 Å². The van der Waals surface area contributed by atoms with E-state index < -0.39 is 0 Å².